The number of benzene rings is 3. The van der Waals surface area contributed by atoms with Gasteiger partial charge in [-0.1, -0.05) is 159 Å². The highest BCUT2D eigenvalue weighted by atomic mass is 35.5. The van der Waals surface area contributed by atoms with Crippen molar-refractivity contribution < 1.29 is 0 Å². The monoisotopic (exact) mass is 642 g/mol. The third kappa shape index (κ3) is 5.20. The van der Waals surface area contributed by atoms with E-state index in [1.807, 2.05) is 0 Å². The third-order valence-electron chi connectivity index (χ3n) is 10.7. The summed E-state index contributed by atoms with van der Waals surface area (Å²) in [7, 11) is -2.53. The maximum atomic E-state index is 7.58. The highest BCUT2D eigenvalue weighted by Gasteiger charge is 2.55. The first-order valence-corrected chi connectivity index (χ1v) is 20.4. The second-order valence-electron chi connectivity index (χ2n) is 14.7. The average Bonchev–Trinajstić information content (AvgIpc) is 3.46. The molecule has 2 aliphatic carbocycles. The van der Waals surface area contributed by atoms with Gasteiger partial charge in [-0.25, -0.2) is 0 Å². The Morgan fingerprint density at radius 3 is 1.30 bits per heavy atom. The quantitative estimate of drug-likeness (QED) is 0.204. The molecule has 0 aromatic heterocycles. The van der Waals surface area contributed by atoms with Crippen LogP contribution in [0.4, 0.5) is 0 Å². The van der Waals surface area contributed by atoms with Gasteiger partial charge in [0.15, 0.2) is 0 Å². The Hall–Kier alpha value is -2.06. The smallest absolute Gasteiger partial charge is 0.0837 e. The predicted molar refractivity (Wildman–Crippen MR) is 199 cm³/mol. The Balaban J connectivity index is 1.93. The molecule has 3 heteroatoms. The number of hydrogen-bond donors (Lipinski definition) is 0. The van der Waals surface area contributed by atoms with Crippen LogP contribution < -0.4 is 5.19 Å². The second-order valence-corrected chi connectivity index (χ2v) is 19.7. The van der Waals surface area contributed by atoms with E-state index < -0.39 is 8.07 Å². The molecule has 2 unspecified atom stereocenters. The molecule has 0 aliphatic heterocycles. The van der Waals surface area contributed by atoms with Crippen LogP contribution in [-0.4, -0.2) is 8.07 Å². The molecule has 5 rings (SSSR count). The highest BCUT2D eigenvalue weighted by Crippen LogP contribution is 2.60. The minimum absolute atomic E-state index is 0.265. The van der Waals surface area contributed by atoms with Crippen molar-refractivity contribution in [3.63, 3.8) is 0 Å². The van der Waals surface area contributed by atoms with Crippen LogP contribution >= 0.6 is 23.2 Å². The standard InChI is InChI=1S/C41H52Cl2Si/c1-12-30-38(42)36-32(25(7)8)19-27(23(3)4)21-34(36)40(30)44(11,29-17-15-14-16-18-29)41-31(13-2)39(43)37-33(26(9)10)20-28(24(5)6)22-35(37)41/h14-26,40-41H,12-13H2,1-11H3. The van der Waals surface area contributed by atoms with E-state index in [9.17, 15) is 0 Å². The number of hydrogen-bond acceptors (Lipinski definition) is 0. The number of halogens is 2. The summed E-state index contributed by atoms with van der Waals surface area (Å²) >= 11 is 15.2. The Kier molecular flexibility index (Phi) is 9.55. The summed E-state index contributed by atoms with van der Waals surface area (Å²) in [4.78, 5) is 0. The Morgan fingerprint density at radius 1 is 0.591 bits per heavy atom. The summed E-state index contributed by atoms with van der Waals surface area (Å²) in [6.07, 6.45) is 1.90. The third-order valence-corrected chi connectivity index (χ3v) is 16.9. The SMILES string of the molecule is CCC1=C(Cl)c2c(C(C)C)cc(C(C)C)cc2C1[Si](C)(c1ccccc1)C1C(CC)=C(Cl)c2c(C(C)C)cc(C(C)C)cc21. The summed E-state index contributed by atoms with van der Waals surface area (Å²) in [5.74, 6) is 1.69. The zero-order valence-corrected chi connectivity index (χ0v) is 31.3. The van der Waals surface area contributed by atoms with Crippen LogP contribution in [0.1, 0.15) is 161 Å². The van der Waals surface area contributed by atoms with Crippen LogP contribution in [0.2, 0.25) is 6.55 Å². The van der Waals surface area contributed by atoms with E-state index in [0.29, 0.717) is 23.7 Å². The summed E-state index contributed by atoms with van der Waals surface area (Å²) in [6.45, 7) is 25.9. The summed E-state index contributed by atoms with van der Waals surface area (Å²) in [6, 6.07) is 21.4. The molecule has 0 heterocycles. The normalized spacial score (nSPS) is 19.6. The van der Waals surface area contributed by atoms with Crippen LogP contribution in [0.15, 0.2) is 65.7 Å². The number of allylic oxidation sites excluding steroid dienone is 2. The summed E-state index contributed by atoms with van der Waals surface area (Å²) in [5, 5.41) is 3.50. The van der Waals surface area contributed by atoms with Gasteiger partial charge in [-0.2, -0.15) is 0 Å². The van der Waals surface area contributed by atoms with E-state index in [2.05, 4.69) is 130 Å². The van der Waals surface area contributed by atoms with Crippen molar-refractivity contribution in [3.05, 3.63) is 110 Å². The molecule has 0 fully saturated rings. The van der Waals surface area contributed by atoms with E-state index in [1.165, 1.54) is 60.8 Å². The van der Waals surface area contributed by atoms with Gasteiger partial charge in [-0.15, -0.1) is 0 Å². The van der Waals surface area contributed by atoms with Gasteiger partial charge in [0.25, 0.3) is 0 Å². The molecule has 0 saturated carbocycles. The van der Waals surface area contributed by atoms with E-state index in [4.69, 9.17) is 23.2 Å². The maximum Gasteiger partial charge on any atom is 0.107 e. The molecule has 234 valence electrons. The van der Waals surface area contributed by atoms with Crippen molar-refractivity contribution in [1.82, 2.24) is 0 Å². The van der Waals surface area contributed by atoms with Crippen molar-refractivity contribution in [2.75, 3.05) is 0 Å². The van der Waals surface area contributed by atoms with Crippen molar-refractivity contribution >= 4 is 46.5 Å². The lowest BCUT2D eigenvalue weighted by Gasteiger charge is -2.43. The zero-order chi connectivity index (χ0) is 32.2. The van der Waals surface area contributed by atoms with Gasteiger partial charge in [-0.3, -0.25) is 0 Å². The minimum Gasteiger partial charge on any atom is -0.0837 e. The molecule has 0 N–H and O–H groups in total. The maximum absolute atomic E-state index is 7.58. The van der Waals surface area contributed by atoms with Crippen molar-refractivity contribution in [1.29, 1.82) is 0 Å². The van der Waals surface area contributed by atoms with E-state index >= 15 is 0 Å². The van der Waals surface area contributed by atoms with Gasteiger partial charge >= 0.3 is 0 Å². The Morgan fingerprint density at radius 2 is 0.977 bits per heavy atom. The first-order valence-electron chi connectivity index (χ1n) is 17.0. The lowest BCUT2D eigenvalue weighted by Crippen LogP contribution is -2.56. The van der Waals surface area contributed by atoms with Crippen LogP contribution in [0.25, 0.3) is 10.1 Å². The molecule has 0 spiro atoms. The first kappa shape index (κ1) is 33.3. The van der Waals surface area contributed by atoms with Gasteiger partial charge < -0.3 is 0 Å². The van der Waals surface area contributed by atoms with Gasteiger partial charge in [0, 0.05) is 32.3 Å². The van der Waals surface area contributed by atoms with Crippen molar-refractivity contribution in [2.24, 2.45) is 0 Å². The fourth-order valence-corrected chi connectivity index (χ4v) is 15.2. The molecular weight excluding hydrogens is 591 g/mol. The average molecular weight is 644 g/mol. The van der Waals surface area contributed by atoms with Gasteiger partial charge in [-0.05, 0) is 81.0 Å². The first-order chi connectivity index (χ1) is 20.8. The Labute approximate surface area is 279 Å². The zero-order valence-electron chi connectivity index (χ0n) is 28.8. The van der Waals surface area contributed by atoms with E-state index in [1.54, 1.807) is 0 Å². The van der Waals surface area contributed by atoms with Gasteiger partial charge in [0.2, 0.25) is 0 Å². The molecule has 44 heavy (non-hydrogen) atoms. The molecule has 2 aliphatic rings. The van der Waals surface area contributed by atoms with Gasteiger partial charge in [0.1, 0.15) is 8.07 Å². The molecular formula is C41H52Cl2Si. The van der Waals surface area contributed by atoms with Gasteiger partial charge in [0.05, 0.1) is 0 Å². The minimum atomic E-state index is -2.53. The molecule has 3 aromatic rings. The second kappa shape index (κ2) is 12.6. The number of rotatable bonds is 9. The molecule has 0 saturated heterocycles. The van der Waals surface area contributed by atoms with E-state index in [-0.39, 0.29) is 11.1 Å². The lowest BCUT2D eigenvalue weighted by atomic mass is 9.89. The molecule has 0 bridgehead atoms. The largest absolute Gasteiger partial charge is 0.107 e. The van der Waals surface area contributed by atoms with Crippen LogP contribution in [0.3, 0.4) is 0 Å². The van der Waals surface area contributed by atoms with Crippen LogP contribution in [0, 0.1) is 0 Å². The molecule has 2 atom stereocenters. The number of fused-ring (bicyclic) bond motifs is 2. The molecule has 0 nitrogen and oxygen atoms in total. The fourth-order valence-electron chi connectivity index (χ4n) is 8.30. The molecule has 0 amide bonds. The van der Waals surface area contributed by atoms with Crippen LogP contribution in [0.5, 0.6) is 0 Å². The van der Waals surface area contributed by atoms with Crippen LogP contribution in [-0.2, 0) is 0 Å². The lowest BCUT2D eigenvalue weighted by molar-refractivity contribution is 0.819. The molecule has 0 radical (unpaired) electrons. The summed E-state index contributed by atoms with van der Waals surface area (Å²) in [5.41, 5.74) is 14.6. The fraction of sp³-hybridized carbons (Fsp3) is 0.463. The van der Waals surface area contributed by atoms with E-state index in [0.717, 1.165) is 22.9 Å². The summed E-state index contributed by atoms with van der Waals surface area (Å²) < 4.78 is 0. The molecule has 3 aromatic carbocycles. The van der Waals surface area contributed by atoms with Crippen molar-refractivity contribution in [2.45, 2.75) is 123 Å². The topological polar surface area (TPSA) is 0 Å². The highest BCUT2D eigenvalue weighted by molar-refractivity contribution is 6.94. The van der Waals surface area contributed by atoms with Crippen molar-refractivity contribution in [3.8, 4) is 0 Å². The predicted octanol–water partition coefficient (Wildman–Crippen LogP) is 12.9. The Bertz CT molecular complexity index is 1520.